The van der Waals surface area contributed by atoms with Gasteiger partial charge in [0.1, 0.15) is 6.54 Å². The Morgan fingerprint density at radius 2 is 2.07 bits per heavy atom. The first-order chi connectivity index (χ1) is 13.4. The Labute approximate surface area is 163 Å². The van der Waals surface area contributed by atoms with Crippen molar-refractivity contribution in [2.75, 3.05) is 18.5 Å². The number of nitrogens with one attached hydrogen (secondary N) is 1. The molecule has 1 aliphatic rings. The van der Waals surface area contributed by atoms with Crippen molar-refractivity contribution in [3.63, 3.8) is 0 Å². The largest absolute Gasteiger partial charge is 0.450 e. The lowest BCUT2D eigenvalue weighted by Gasteiger charge is -2.27. The van der Waals surface area contributed by atoms with E-state index in [1.165, 1.54) is 10.7 Å². The number of nitrogens with zero attached hydrogens (tertiary/aromatic N) is 3. The molecule has 0 bridgehead atoms. The minimum Gasteiger partial charge on any atom is -0.450 e. The van der Waals surface area contributed by atoms with Crippen LogP contribution in [0.1, 0.15) is 29.3 Å². The van der Waals surface area contributed by atoms with Gasteiger partial charge in [-0.3, -0.25) is 9.59 Å². The quantitative estimate of drug-likeness (QED) is 0.870. The number of fused-ring (bicyclic) bond motifs is 1. The van der Waals surface area contributed by atoms with Gasteiger partial charge in [0.25, 0.3) is 5.56 Å². The van der Waals surface area contributed by atoms with E-state index in [9.17, 15) is 14.4 Å². The Morgan fingerprint density at radius 1 is 1.29 bits per heavy atom. The summed E-state index contributed by atoms with van der Waals surface area (Å²) in [6.45, 7) is 6.54. The highest BCUT2D eigenvalue weighted by molar-refractivity contribution is 5.91. The lowest BCUT2D eigenvalue weighted by molar-refractivity contribution is -0.117. The standard InChI is InChI=1S/C20H24N4O4/c1-4-28-20(27)23-9-8-17-15(11-23)10-19(26)24(22-17)12-18(25)21-16-7-5-6-13(2)14(16)3/h5-7,10H,4,8-9,11-12H2,1-3H3,(H,21,25). The van der Waals surface area contributed by atoms with Gasteiger partial charge in [0.05, 0.1) is 18.8 Å². The molecule has 0 spiro atoms. The van der Waals surface area contributed by atoms with Crippen LogP contribution in [-0.2, 0) is 29.0 Å². The van der Waals surface area contributed by atoms with Crippen LogP contribution in [0.2, 0.25) is 0 Å². The van der Waals surface area contributed by atoms with Crippen molar-refractivity contribution < 1.29 is 14.3 Å². The smallest absolute Gasteiger partial charge is 0.410 e. The van der Waals surface area contributed by atoms with Crippen LogP contribution in [0.15, 0.2) is 29.1 Å². The Bertz CT molecular complexity index is 967. The second-order valence-corrected chi connectivity index (χ2v) is 6.78. The maximum Gasteiger partial charge on any atom is 0.410 e. The molecule has 1 aromatic heterocycles. The molecule has 0 atom stereocenters. The highest BCUT2D eigenvalue weighted by Gasteiger charge is 2.24. The highest BCUT2D eigenvalue weighted by atomic mass is 16.6. The van der Waals surface area contributed by atoms with E-state index in [1.807, 2.05) is 32.0 Å². The molecule has 0 saturated carbocycles. The Kier molecular flexibility index (Phi) is 5.77. The molecule has 2 aromatic rings. The summed E-state index contributed by atoms with van der Waals surface area (Å²) in [7, 11) is 0. The van der Waals surface area contributed by atoms with Crippen molar-refractivity contribution in [3.8, 4) is 0 Å². The fourth-order valence-corrected chi connectivity index (χ4v) is 3.14. The third-order valence-electron chi connectivity index (χ3n) is 4.84. The second-order valence-electron chi connectivity index (χ2n) is 6.78. The molecule has 8 nitrogen and oxygen atoms in total. The summed E-state index contributed by atoms with van der Waals surface area (Å²) in [5.74, 6) is -0.313. The van der Waals surface area contributed by atoms with Gasteiger partial charge in [-0.25, -0.2) is 9.48 Å². The molecular weight excluding hydrogens is 360 g/mol. The topological polar surface area (TPSA) is 93.5 Å². The first kappa shape index (κ1) is 19.6. The van der Waals surface area contributed by atoms with Gasteiger partial charge in [-0.15, -0.1) is 0 Å². The monoisotopic (exact) mass is 384 g/mol. The summed E-state index contributed by atoms with van der Waals surface area (Å²) in [6, 6.07) is 7.11. The van der Waals surface area contributed by atoms with Gasteiger partial charge >= 0.3 is 6.09 Å². The number of benzene rings is 1. The predicted molar refractivity (Wildman–Crippen MR) is 104 cm³/mol. The van der Waals surface area contributed by atoms with Crippen molar-refractivity contribution >= 4 is 17.7 Å². The molecule has 8 heteroatoms. The zero-order chi connectivity index (χ0) is 20.3. The van der Waals surface area contributed by atoms with Crippen LogP contribution in [0.25, 0.3) is 0 Å². The van der Waals surface area contributed by atoms with E-state index in [1.54, 1.807) is 11.8 Å². The molecule has 0 aliphatic carbocycles. The number of anilines is 1. The van der Waals surface area contributed by atoms with Crippen molar-refractivity contribution in [2.24, 2.45) is 0 Å². The van der Waals surface area contributed by atoms with E-state index in [0.717, 1.165) is 22.5 Å². The molecule has 0 fully saturated rings. The summed E-state index contributed by atoms with van der Waals surface area (Å²) < 4.78 is 6.17. The minimum atomic E-state index is -0.398. The van der Waals surface area contributed by atoms with Crippen LogP contribution in [0.5, 0.6) is 0 Å². The van der Waals surface area contributed by atoms with Crippen LogP contribution in [-0.4, -0.2) is 39.8 Å². The first-order valence-electron chi connectivity index (χ1n) is 9.26. The highest BCUT2D eigenvalue weighted by Crippen LogP contribution is 2.18. The molecule has 2 amide bonds. The molecule has 0 radical (unpaired) electrons. The average molecular weight is 384 g/mol. The van der Waals surface area contributed by atoms with Gasteiger partial charge in [-0.2, -0.15) is 5.10 Å². The molecule has 1 aliphatic heterocycles. The average Bonchev–Trinajstić information content (AvgIpc) is 2.66. The van der Waals surface area contributed by atoms with E-state index in [0.29, 0.717) is 25.1 Å². The normalized spacial score (nSPS) is 13.0. The summed E-state index contributed by atoms with van der Waals surface area (Å²) in [6.07, 6.45) is 0.109. The zero-order valence-corrected chi connectivity index (χ0v) is 16.3. The van der Waals surface area contributed by atoms with E-state index in [-0.39, 0.29) is 24.6 Å². The predicted octanol–water partition coefficient (Wildman–Crippen LogP) is 2.01. The van der Waals surface area contributed by atoms with E-state index >= 15 is 0 Å². The van der Waals surface area contributed by atoms with Gasteiger partial charge in [0, 0.05) is 30.3 Å². The summed E-state index contributed by atoms with van der Waals surface area (Å²) in [5, 5.41) is 7.17. The van der Waals surface area contributed by atoms with Gasteiger partial charge in [0.15, 0.2) is 0 Å². The third-order valence-corrected chi connectivity index (χ3v) is 4.84. The molecule has 3 rings (SSSR count). The Balaban J connectivity index is 1.72. The third kappa shape index (κ3) is 4.21. The summed E-state index contributed by atoms with van der Waals surface area (Å²) in [4.78, 5) is 38.2. The maximum atomic E-state index is 12.4. The summed E-state index contributed by atoms with van der Waals surface area (Å²) in [5.41, 5.74) is 3.82. The number of rotatable bonds is 4. The van der Waals surface area contributed by atoms with Gasteiger partial charge in [-0.05, 0) is 38.0 Å². The van der Waals surface area contributed by atoms with Crippen LogP contribution in [0.4, 0.5) is 10.5 Å². The number of hydrogen-bond acceptors (Lipinski definition) is 5. The Hall–Kier alpha value is -3.16. The van der Waals surface area contributed by atoms with Crippen molar-refractivity contribution in [2.45, 2.75) is 40.3 Å². The van der Waals surface area contributed by atoms with Crippen LogP contribution in [0, 0.1) is 13.8 Å². The van der Waals surface area contributed by atoms with Gasteiger partial charge < -0.3 is 15.0 Å². The number of hydrogen-bond donors (Lipinski definition) is 1. The van der Waals surface area contributed by atoms with Crippen LogP contribution < -0.4 is 10.9 Å². The molecule has 1 N–H and O–H groups in total. The zero-order valence-electron chi connectivity index (χ0n) is 16.3. The number of amides is 2. The number of carbonyl (C=O) groups excluding carboxylic acids is 2. The fraction of sp³-hybridized carbons (Fsp3) is 0.400. The molecule has 1 aromatic carbocycles. The van der Waals surface area contributed by atoms with Crippen LogP contribution in [0.3, 0.4) is 0 Å². The number of carbonyl (C=O) groups is 2. The Morgan fingerprint density at radius 3 is 2.82 bits per heavy atom. The number of aromatic nitrogens is 2. The van der Waals surface area contributed by atoms with Gasteiger partial charge in [0.2, 0.25) is 5.91 Å². The maximum absolute atomic E-state index is 12.4. The van der Waals surface area contributed by atoms with Gasteiger partial charge in [-0.1, -0.05) is 12.1 Å². The first-order valence-corrected chi connectivity index (χ1v) is 9.26. The van der Waals surface area contributed by atoms with Crippen molar-refractivity contribution in [1.29, 1.82) is 0 Å². The van der Waals surface area contributed by atoms with Crippen molar-refractivity contribution in [3.05, 3.63) is 57.0 Å². The molecule has 148 valence electrons. The fourth-order valence-electron chi connectivity index (χ4n) is 3.14. The lowest BCUT2D eigenvalue weighted by atomic mass is 10.1. The molecule has 0 saturated heterocycles. The molecular formula is C20H24N4O4. The minimum absolute atomic E-state index is 0.166. The summed E-state index contributed by atoms with van der Waals surface area (Å²) >= 11 is 0. The SMILES string of the molecule is CCOC(=O)N1CCc2nn(CC(=O)Nc3cccc(C)c3C)c(=O)cc2C1. The lowest BCUT2D eigenvalue weighted by Crippen LogP contribution is -2.39. The second kappa shape index (κ2) is 8.24. The molecule has 28 heavy (non-hydrogen) atoms. The molecule has 2 heterocycles. The molecule has 0 unspecified atom stereocenters. The van der Waals surface area contributed by atoms with Crippen LogP contribution >= 0.6 is 0 Å². The van der Waals surface area contributed by atoms with Crippen molar-refractivity contribution in [1.82, 2.24) is 14.7 Å². The number of ether oxygens (including phenoxy) is 1. The van der Waals surface area contributed by atoms with E-state index < -0.39 is 6.09 Å². The van der Waals surface area contributed by atoms with E-state index in [4.69, 9.17) is 4.74 Å². The van der Waals surface area contributed by atoms with E-state index in [2.05, 4.69) is 10.4 Å². The number of aryl methyl sites for hydroxylation is 1.